The number of nitrogens with one attached hydrogen (secondary N) is 1. The Morgan fingerprint density at radius 3 is 2.94 bits per heavy atom. The molecule has 3 rings (SSSR count). The van der Waals surface area contributed by atoms with Crippen LogP contribution in [0.25, 0.3) is 6.08 Å². The summed E-state index contributed by atoms with van der Waals surface area (Å²) in [5, 5.41) is 0. The van der Waals surface area contributed by atoms with Gasteiger partial charge >= 0.3 is 5.97 Å². The smallest absolute Gasteiger partial charge is 0.355 e. The molecule has 0 radical (unpaired) electrons. The van der Waals surface area contributed by atoms with Crippen LogP contribution >= 0.6 is 11.9 Å². The van der Waals surface area contributed by atoms with Crippen LogP contribution in [0.3, 0.4) is 0 Å². The van der Waals surface area contributed by atoms with E-state index in [1.807, 2.05) is 12.1 Å². The van der Waals surface area contributed by atoms with E-state index in [0.717, 1.165) is 16.2 Å². The first kappa shape index (κ1) is 10.3. The van der Waals surface area contributed by atoms with Gasteiger partial charge in [0.05, 0.1) is 7.11 Å². The summed E-state index contributed by atoms with van der Waals surface area (Å²) >= 11 is 1.35. The first-order valence-electron chi connectivity index (χ1n) is 4.94. The molecule has 2 aliphatic rings. The number of carbonyl (C=O) groups excluding carboxylic acids is 1. The monoisotopic (exact) mass is 251 g/mol. The normalized spacial score (nSPS) is 15.7. The third-order valence-electron chi connectivity index (χ3n) is 2.48. The fourth-order valence-electron chi connectivity index (χ4n) is 1.65. The van der Waals surface area contributed by atoms with Crippen molar-refractivity contribution in [2.75, 3.05) is 13.9 Å². The average Bonchev–Trinajstić information content (AvgIpc) is 2.81. The van der Waals surface area contributed by atoms with E-state index in [1.54, 1.807) is 6.08 Å². The Balaban J connectivity index is 2.02. The number of methoxy groups -OCH3 is 1. The lowest BCUT2D eigenvalue weighted by Crippen LogP contribution is -2.18. The fourth-order valence-corrected chi connectivity index (χ4v) is 2.41. The van der Waals surface area contributed by atoms with Crippen molar-refractivity contribution < 1.29 is 19.0 Å². The summed E-state index contributed by atoms with van der Waals surface area (Å²) in [6.07, 6.45) is 1.74. The van der Waals surface area contributed by atoms with Crippen LogP contribution in [-0.4, -0.2) is 19.9 Å². The molecule has 0 unspecified atom stereocenters. The topological polar surface area (TPSA) is 56.8 Å². The van der Waals surface area contributed by atoms with Crippen LogP contribution in [0.2, 0.25) is 0 Å². The maximum atomic E-state index is 11.4. The van der Waals surface area contributed by atoms with Crippen molar-refractivity contribution >= 4 is 24.0 Å². The van der Waals surface area contributed by atoms with Crippen LogP contribution in [0, 0.1) is 0 Å². The summed E-state index contributed by atoms with van der Waals surface area (Å²) in [5.74, 6) is 1.04. The molecule has 2 aliphatic heterocycles. The van der Waals surface area contributed by atoms with E-state index in [0.29, 0.717) is 11.4 Å². The third kappa shape index (κ3) is 1.70. The molecule has 0 aromatic heterocycles. The van der Waals surface area contributed by atoms with Crippen LogP contribution in [-0.2, 0) is 9.53 Å². The predicted molar refractivity (Wildman–Crippen MR) is 61.6 cm³/mol. The van der Waals surface area contributed by atoms with Gasteiger partial charge in [-0.15, -0.1) is 0 Å². The maximum Gasteiger partial charge on any atom is 0.355 e. The number of esters is 1. The summed E-state index contributed by atoms with van der Waals surface area (Å²) in [6, 6.07) is 3.74. The van der Waals surface area contributed by atoms with Crippen molar-refractivity contribution in [3.05, 3.63) is 23.4 Å². The first-order chi connectivity index (χ1) is 8.28. The number of hydrogen-bond acceptors (Lipinski definition) is 6. The molecular weight excluding hydrogens is 242 g/mol. The summed E-state index contributed by atoms with van der Waals surface area (Å²) in [7, 11) is 1.35. The van der Waals surface area contributed by atoms with E-state index < -0.39 is 0 Å². The highest BCUT2D eigenvalue weighted by Crippen LogP contribution is 2.40. The first-order valence-corrected chi connectivity index (χ1v) is 5.76. The largest absolute Gasteiger partial charge is 0.464 e. The molecule has 2 heterocycles. The van der Waals surface area contributed by atoms with Gasteiger partial charge in [0.15, 0.2) is 11.5 Å². The molecule has 0 amide bonds. The van der Waals surface area contributed by atoms with Crippen molar-refractivity contribution in [1.29, 1.82) is 0 Å². The zero-order chi connectivity index (χ0) is 11.8. The Labute approximate surface area is 102 Å². The van der Waals surface area contributed by atoms with Gasteiger partial charge in [0.25, 0.3) is 0 Å². The number of fused-ring (bicyclic) bond motifs is 2. The number of hydrogen-bond donors (Lipinski definition) is 1. The molecular formula is C11H9NO4S. The van der Waals surface area contributed by atoms with Gasteiger partial charge in [0.1, 0.15) is 5.70 Å². The minimum atomic E-state index is -0.388. The maximum absolute atomic E-state index is 11.4. The molecule has 1 aromatic carbocycles. The molecule has 0 bridgehead atoms. The van der Waals surface area contributed by atoms with Crippen LogP contribution in [0.15, 0.2) is 22.7 Å². The Morgan fingerprint density at radius 1 is 1.41 bits per heavy atom. The van der Waals surface area contributed by atoms with Gasteiger partial charge in [0.2, 0.25) is 6.79 Å². The SMILES string of the molecule is COC(=O)C1=Cc2cc3c(cc2SN1)OCO3. The molecule has 1 aromatic rings. The fraction of sp³-hybridized carbons (Fsp3) is 0.182. The van der Waals surface area contributed by atoms with Gasteiger partial charge in [-0.2, -0.15) is 0 Å². The Kier molecular flexibility index (Phi) is 2.36. The van der Waals surface area contributed by atoms with Crippen molar-refractivity contribution in [2.24, 2.45) is 0 Å². The number of benzene rings is 1. The van der Waals surface area contributed by atoms with Gasteiger partial charge in [-0.05, 0) is 29.7 Å². The highest BCUT2D eigenvalue weighted by atomic mass is 32.2. The third-order valence-corrected chi connectivity index (χ3v) is 3.38. The molecule has 0 fully saturated rings. The second-order valence-electron chi connectivity index (χ2n) is 3.50. The van der Waals surface area contributed by atoms with Gasteiger partial charge in [0, 0.05) is 11.0 Å². The molecule has 0 saturated carbocycles. The van der Waals surface area contributed by atoms with Crippen molar-refractivity contribution in [3.8, 4) is 11.5 Å². The average molecular weight is 251 g/mol. The van der Waals surface area contributed by atoms with Gasteiger partial charge in [-0.25, -0.2) is 4.79 Å². The summed E-state index contributed by atoms with van der Waals surface area (Å²) in [5.41, 5.74) is 1.34. The molecule has 0 spiro atoms. The number of carbonyl (C=O) groups is 1. The van der Waals surface area contributed by atoms with Gasteiger partial charge < -0.3 is 18.9 Å². The lowest BCUT2D eigenvalue weighted by atomic mass is 10.1. The summed E-state index contributed by atoms with van der Waals surface area (Å²) in [6.45, 7) is 0.240. The zero-order valence-electron chi connectivity index (χ0n) is 8.98. The molecule has 1 N–H and O–H groups in total. The minimum absolute atomic E-state index is 0.240. The van der Waals surface area contributed by atoms with Crippen LogP contribution in [0.1, 0.15) is 5.56 Å². The van der Waals surface area contributed by atoms with Gasteiger partial charge in [-0.1, -0.05) is 0 Å². The highest BCUT2D eigenvalue weighted by Gasteiger charge is 2.22. The van der Waals surface area contributed by atoms with Crippen LogP contribution in [0.4, 0.5) is 0 Å². The molecule has 5 nitrogen and oxygen atoms in total. The second kappa shape index (κ2) is 3.89. The van der Waals surface area contributed by atoms with E-state index in [1.165, 1.54) is 19.1 Å². The quantitative estimate of drug-likeness (QED) is 0.603. The lowest BCUT2D eigenvalue weighted by molar-refractivity contribution is -0.136. The molecule has 17 heavy (non-hydrogen) atoms. The van der Waals surface area contributed by atoms with Crippen LogP contribution in [0.5, 0.6) is 11.5 Å². The minimum Gasteiger partial charge on any atom is -0.464 e. The van der Waals surface area contributed by atoms with E-state index in [2.05, 4.69) is 9.46 Å². The summed E-state index contributed by atoms with van der Waals surface area (Å²) < 4.78 is 18.2. The lowest BCUT2D eigenvalue weighted by Gasteiger charge is -2.16. The van der Waals surface area contributed by atoms with Crippen LogP contribution < -0.4 is 14.2 Å². The standard InChI is InChI=1S/C11H9NO4S/c1-14-11(13)7-2-6-3-8-9(16-5-15-8)4-10(6)17-12-7/h2-4,12H,5H2,1H3. The zero-order valence-corrected chi connectivity index (χ0v) is 9.80. The molecule has 0 atom stereocenters. The molecule has 0 aliphatic carbocycles. The second-order valence-corrected chi connectivity index (χ2v) is 4.35. The molecule has 88 valence electrons. The van der Waals surface area contributed by atoms with Crippen molar-refractivity contribution in [2.45, 2.75) is 4.90 Å². The van der Waals surface area contributed by atoms with Gasteiger partial charge in [-0.3, -0.25) is 0 Å². The highest BCUT2D eigenvalue weighted by molar-refractivity contribution is 7.97. The Hall–Kier alpha value is -1.82. The van der Waals surface area contributed by atoms with E-state index in [-0.39, 0.29) is 12.8 Å². The molecule has 0 saturated heterocycles. The Bertz CT molecular complexity index is 526. The van der Waals surface area contributed by atoms with E-state index >= 15 is 0 Å². The van der Waals surface area contributed by atoms with Crippen molar-refractivity contribution in [3.63, 3.8) is 0 Å². The molecule has 6 heteroatoms. The Morgan fingerprint density at radius 2 is 2.18 bits per heavy atom. The predicted octanol–water partition coefficient (Wildman–Crippen LogP) is 1.54. The van der Waals surface area contributed by atoms with E-state index in [4.69, 9.17) is 9.47 Å². The number of rotatable bonds is 1. The van der Waals surface area contributed by atoms with Crippen molar-refractivity contribution in [1.82, 2.24) is 4.72 Å². The summed E-state index contributed by atoms with van der Waals surface area (Å²) in [4.78, 5) is 12.4. The van der Waals surface area contributed by atoms with E-state index in [9.17, 15) is 4.79 Å². The number of ether oxygens (including phenoxy) is 3.